The molecule has 0 saturated heterocycles. The van der Waals surface area contributed by atoms with Crippen LogP contribution in [0.5, 0.6) is 0 Å². The van der Waals surface area contributed by atoms with Gasteiger partial charge in [0.2, 0.25) is 0 Å². The minimum absolute atomic E-state index is 0.123. The second-order valence-electron chi connectivity index (χ2n) is 6.47. The van der Waals surface area contributed by atoms with Gasteiger partial charge in [0.1, 0.15) is 18.5 Å². The van der Waals surface area contributed by atoms with Crippen molar-refractivity contribution in [1.29, 1.82) is 0 Å². The number of benzene rings is 1. The average molecular weight is 360 g/mol. The number of hydrogen-bond donors (Lipinski definition) is 1. The van der Waals surface area contributed by atoms with Gasteiger partial charge in [-0.25, -0.2) is 0 Å². The summed E-state index contributed by atoms with van der Waals surface area (Å²) in [6.45, 7) is 6.98. The van der Waals surface area contributed by atoms with Crippen LogP contribution in [0.2, 0.25) is 0 Å². The maximum absolute atomic E-state index is 10.6. The van der Waals surface area contributed by atoms with Crippen molar-refractivity contribution in [2.75, 3.05) is 20.5 Å². The highest BCUT2D eigenvalue weighted by atomic mass is 16.7. The zero-order valence-corrected chi connectivity index (χ0v) is 16.4. The summed E-state index contributed by atoms with van der Waals surface area (Å²) in [6, 6.07) is 10.1. The molecule has 26 heavy (non-hydrogen) atoms. The Morgan fingerprint density at radius 1 is 1.27 bits per heavy atom. The lowest BCUT2D eigenvalue weighted by Crippen LogP contribution is -2.43. The molecule has 0 saturated carbocycles. The van der Waals surface area contributed by atoms with E-state index in [1.165, 1.54) is 5.56 Å². The maximum Gasteiger partial charge on any atom is 0.146 e. The summed E-state index contributed by atoms with van der Waals surface area (Å²) in [7, 11) is 1.56. The molecule has 0 unspecified atom stereocenters. The van der Waals surface area contributed by atoms with Gasteiger partial charge in [-0.1, -0.05) is 48.4 Å². The van der Waals surface area contributed by atoms with Crippen LogP contribution < -0.4 is 0 Å². The third-order valence-electron chi connectivity index (χ3n) is 3.93. The van der Waals surface area contributed by atoms with E-state index in [0.717, 1.165) is 12.8 Å². The fourth-order valence-corrected chi connectivity index (χ4v) is 2.73. The number of allylic oxidation sites excluding steroid dienone is 1. The fourth-order valence-electron chi connectivity index (χ4n) is 2.73. The van der Waals surface area contributed by atoms with Crippen LogP contribution in [-0.4, -0.2) is 37.3 Å². The minimum Gasteiger partial charge on any atom is -0.383 e. The lowest BCUT2D eigenvalue weighted by molar-refractivity contribution is -0.143. The number of unbranched alkanes of at least 4 members (excludes halogenated alkanes) is 1. The molecule has 1 aromatic rings. The van der Waals surface area contributed by atoms with Gasteiger partial charge in [-0.3, -0.25) is 0 Å². The van der Waals surface area contributed by atoms with E-state index in [1.807, 2.05) is 38.1 Å². The normalized spacial score (nSPS) is 15.9. The second kappa shape index (κ2) is 12.7. The first-order valence-corrected chi connectivity index (χ1v) is 9.08. The van der Waals surface area contributed by atoms with E-state index in [9.17, 15) is 5.11 Å². The highest BCUT2D eigenvalue weighted by molar-refractivity contribution is 5.13. The Kier molecular flexibility index (Phi) is 10.9. The van der Waals surface area contributed by atoms with Gasteiger partial charge in [-0.05, 0) is 32.8 Å². The maximum atomic E-state index is 10.6. The van der Waals surface area contributed by atoms with E-state index in [2.05, 4.69) is 24.0 Å². The molecule has 0 spiro atoms. The van der Waals surface area contributed by atoms with E-state index in [4.69, 9.17) is 14.2 Å². The lowest BCUT2D eigenvalue weighted by Gasteiger charge is -2.32. The largest absolute Gasteiger partial charge is 0.383 e. The van der Waals surface area contributed by atoms with Gasteiger partial charge in [0.05, 0.1) is 6.61 Å². The van der Waals surface area contributed by atoms with E-state index in [1.54, 1.807) is 20.1 Å². The standard InChI is InChI=1S/C22H32O4/c1-5-15-22(3,23)21(26-18-24-4)19(2)12-8-7-11-16-25-17-20-13-9-6-10-14-20/h5-6,9-10,13-15,19,21,23H,7,11,16-18H2,1-4H3/b15-5-/t19-,21-,22-/m1/s1. The van der Waals surface area contributed by atoms with Gasteiger partial charge >= 0.3 is 0 Å². The molecule has 0 aliphatic heterocycles. The van der Waals surface area contributed by atoms with Crippen LogP contribution in [0.25, 0.3) is 0 Å². The Labute approximate surface area is 158 Å². The summed E-state index contributed by atoms with van der Waals surface area (Å²) in [5.41, 5.74) is 0.0803. The van der Waals surface area contributed by atoms with Gasteiger partial charge in [0, 0.05) is 26.1 Å². The van der Waals surface area contributed by atoms with E-state index in [-0.39, 0.29) is 12.7 Å². The third-order valence-corrected chi connectivity index (χ3v) is 3.93. The topological polar surface area (TPSA) is 47.9 Å². The number of rotatable bonds is 11. The van der Waals surface area contributed by atoms with Gasteiger partial charge in [0.15, 0.2) is 0 Å². The average Bonchev–Trinajstić information content (AvgIpc) is 2.62. The summed E-state index contributed by atoms with van der Waals surface area (Å²) in [6.07, 6.45) is 4.71. The number of hydrogen-bond acceptors (Lipinski definition) is 4. The summed E-state index contributed by atoms with van der Waals surface area (Å²) in [5.74, 6) is 6.23. The highest BCUT2D eigenvalue weighted by Crippen LogP contribution is 2.22. The van der Waals surface area contributed by atoms with Crippen molar-refractivity contribution in [2.45, 2.75) is 51.9 Å². The summed E-state index contributed by atoms with van der Waals surface area (Å²) >= 11 is 0. The molecule has 0 aliphatic carbocycles. The molecule has 0 fully saturated rings. The Morgan fingerprint density at radius 3 is 2.65 bits per heavy atom. The lowest BCUT2D eigenvalue weighted by atomic mass is 9.89. The van der Waals surface area contributed by atoms with Crippen LogP contribution in [0.3, 0.4) is 0 Å². The van der Waals surface area contributed by atoms with Crippen LogP contribution in [0.15, 0.2) is 42.5 Å². The molecular weight excluding hydrogens is 328 g/mol. The molecule has 0 radical (unpaired) electrons. The highest BCUT2D eigenvalue weighted by Gasteiger charge is 2.34. The van der Waals surface area contributed by atoms with Crippen molar-refractivity contribution < 1.29 is 19.3 Å². The van der Waals surface area contributed by atoms with Gasteiger partial charge in [0.25, 0.3) is 0 Å². The SMILES string of the molecule is C/C=C\[C@@](C)(O)[C@H](OCOC)[C@H](C)C#CCCCOCc1ccccc1. The zero-order valence-electron chi connectivity index (χ0n) is 16.4. The fraction of sp³-hybridized carbons (Fsp3) is 0.545. The summed E-state index contributed by atoms with van der Waals surface area (Å²) in [5, 5.41) is 10.6. The van der Waals surface area contributed by atoms with Crippen molar-refractivity contribution in [3.05, 3.63) is 48.0 Å². The molecule has 0 aromatic heterocycles. The first-order valence-electron chi connectivity index (χ1n) is 9.08. The predicted octanol–water partition coefficient (Wildman–Crippen LogP) is 3.94. The van der Waals surface area contributed by atoms with Crippen LogP contribution in [0, 0.1) is 17.8 Å². The van der Waals surface area contributed by atoms with Crippen molar-refractivity contribution in [2.24, 2.45) is 5.92 Å². The molecule has 0 amide bonds. The molecule has 1 rings (SSSR count). The molecule has 0 bridgehead atoms. The summed E-state index contributed by atoms with van der Waals surface area (Å²) in [4.78, 5) is 0. The molecule has 4 heteroatoms. The Bertz CT molecular complexity index is 569. The quantitative estimate of drug-likeness (QED) is 0.281. The van der Waals surface area contributed by atoms with Crippen LogP contribution in [0.4, 0.5) is 0 Å². The first-order chi connectivity index (χ1) is 12.5. The van der Waals surface area contributed by atoms with Gasteiger partial charge in [-0.2, -0.15) is 0 Å². The number of ether oxygens (including phenoxy) is 3. The van der Waals surface area contributed by atoms with Crippen molar-refractivity contribution >= 4 is 0 Å². The molecule has 0 heterocycles. The molecule has 3 atom stereocenters. The molecular formula is C22H32O4. The molecule has 1 N–H and O–H groups in total. The first kappa shape index (κ1) is 22.4. The Hall–Kier alpha value is -1.64. The Morgan fingerprint density at radius 2 is 2.00 bits per heavy atom. The van der Waals surface area contributed by atoms with Crippen molar-refractivity contribution in [3.8, 4) is 11.8 Å². The molecule has 0 aliphatic rings. The third kappa shape index (κ3) is 8.64. The monoisotopic (exact) mass is 360 g/mol. The second-order valence-corrected chi connectivity index (χ2v) is 6.47. The summed E-state index contributed by atoms with van der Waals surface area (Å²) < 4.78 is 16.3. The number of aliphatic hydroxyl groups is 1. The van der Waals surface area contributed by atoms with Gasteiger partial charge in [-0.15, -0.1) is 5.92 Å². The molecule has 1 aromatic carbocycles. The van der Waals surface area contributed by atoms with E-state index in [0.29, 0.717) is 13.2 Å². The molecule has 144 valence electrons. The number of methoxy groups -OCH3 is 1. The zero-order chi connectivity index (χ0) is 19.3. The Balaban J connectivity index is 2.40. The van der Waals surface area contributed by atoms with Crippen LogP contribution >= 0.6 is 0 Å². The molecule has 4 nitrogen and oxygen atoms in total. The van der Waals surface area contributed by atoms with Gasteiger partial charge < -0.3 is 19.3 Å². The van der Waals surface area contributed by atoms with Crippen LogP contribution in [-0.2, 0) is 20.8 Å². The van der Waals surface area contributed by atoms with Crippen molar-refractivity contribution in [1.82, 2.24) is 0 Å². The minimum atomic E-state index is -1.10. The predicted molar refractivity (Wildman–Crippen MR) is 104 cm³/mol. The van der Waals surface area contributed by atoms with E-state index < -0.39 is 11.7 Å². The van der Waals surface area contributed by atoms with E-state index >= 15 is 0 Å². The smallest absolute Gasteiger partial charge is 0.146 e. The van der Waals surface area contributed by atoms with Crippen molar-refractivity contribution in [3.63, 3.8) is 0 Å². The van der Waals surface area contributed by atoms with Crippen LogP contribution in [0.1, 0.15) is 39.2 Å².